The second-order valence-electron chi connectivity index (χ2n) is 3.99. The quantitative estimate of drug-likeness (QED) is 0.786. The molecule has 2 N–H and O–H groups in total. The maximum Gasteiger partial charge on any atom is 0.129 e. The molecule has 0 unspecified atom stereocenters. The van der Waals surface area contributed by atoms with Gasteiger partial charge in [0.15, 0.2) is 0 Å². The smallest absolute Gasteiger partial charge is 0.129 e. The Morgan fingerprint density at radius 3 is 2.24 bits per heavy atom. The molecule has 0 amide bonds. The van der Waals surface area contributed by atoms with Crippen LogP contribution >= 0.6 is 0 Å². The Kier molecular flexibility index (Phi) is 3.09. The van der Waals surface area contributed by atoms with Gasteiger partial charge in [-0.05, 0) is 23.8 Å². The average molecular weight is 233 g/mol. The fourth-order valence-electron chi connectivity index (χ4n) is 1.99. The summed E-state index contributed by atoms with van der Waals surface area (Å²) in [6.45, 7) is 1.74. The van der Waals surface area contributed by atoms with Gasteiger partial charge < -0.3 is 5.73 Å². The molecule has 2 rings (SSSR count). The first kappa shape index (κ1) is 11.6. The molecule has 0 aliphatic rings. The van der Waals surface area contributed by atoms with Crippen LogP contribution in [0.3, 0.4) is 0 Å². The lowest BCUT2D eigenvalue weighted by Crippen LogP contribution is -2.05. The fraction of sp³-hybridized carbons (Fsp3) is 0.143. The van der Waals surface area contributed by atoms with E-state index in [1.165, 1.54) is 12.1 Å². The van der Waals surface area contributed by atoms with Crippen LogP contribution < -0.4 is 5.73 Å². The van der Waals surface area contributed by atoms with Crippen molar-refractivity contribution in [2.45, 2.75) is 12.8 Å². The topological polar surface area (TPSA) is 26.0 Å². The van der Waals surface area contributed by atoms with Gasteiger partial charge in [-0.3, -0.25) is 0 Å². The van der Waals surface area contributed by atoms with Crippen LogP contribution in [0.4, 0.5) is 14.5 Å². The highest BCUT2D eigenvalue weighted by atomic mass is 19.1. The monoisotopic (exact) mass is 233 g/mol. The largest absolute Gasteiger partial charge is 0.398 e. The van der Waals surface area contributed by atoms with Gasteiger partial charge in [-0.25, -0.2) is 8.78 Å². The molecular weight excluding hydrogens is 220 g/mol. The summed E-state index contributed by atoms with van der Waals surface area (Å²) in [6, 6.07) is 10.8. The number of rotatable bonds is 2. The molecule has 88 valence electrons. The molecule has 0 spiro atoms. The van der Waals surface area contributed by atoms with Gasteiger partial charge in [0.05, 0.1) is 0 Å². The molecule has 0 saturated carbocycles. The van der Waals surface area contributed by atoms with Crippen LogP contribution in [0.5, 0.6) is 0 Å². The van der Waals surface area contributed by atoms with E-state index >= 15 is 0 Å². The summed E-state index contributed by atoms with van der Waals surface area (Å²) in [5, 5.41) is 0. The van der Waals surface area contributed by atoms with Crippen LogP contribution in [0.15, 0.2) is 42.5 Å². The molecule has 0 bridgehead atoms. The number of halogens is 2. The van der Waals surface area contributed by atoms with E-state index in [-0.39, 0.29) is 5.82 Å². The molecule has 0 saturated heterocycles. The van der Waals surface area contributed by atoms with Crippen molar-refractivity contribution in [1.82, 2.24) is 0 Å². The van der Waals surface area contributed by atoms with E-state index in [0.717, 1.165) is 0 Å². The SMILES string of the molecule is C[C@H](c1ccccc1F)c1c(N)cccc1F. The first-order chi connectivity index (χ1) is 8.11. The molecule has 0 aliphatic heterocycles. The maximum absolute atomic E-state index is 13.7. The minimum absolute atomic E-state index is 0.345. The molecule has 0 aromatic heterocycles. The normalized spacial score (nSPS) is 12.4. The lowest BCUT2D eigenvalue weighted by atomic mass is 9.91. The van der Waals surface area contributed by atoms with Gasteiger partial charge in [0.1, 0.15) is 11.6 Å². The number of benzene rings is 2. The van der Waals surface area contributed by atoms with Crippen molar-refractivity contribution in [3.8, 4) is 0 Å². The fourth-order valence-corrected chi connectivity index (χ4v) is 1.99. The Balaban J connectivity index is 2.51. The summed E-state index contributed by atoms with van der Waals surface area (Å²) in [4.78, 5) is 0. The summed E-state index contributed by atoms with van der Waals surface area (Å²) in [5.41, 5.74) is 6.89. The van der Waals surface area contributed by atoms with Gasteiger partial charge in [0.2, 0.25) is 0 Å². The van der Waals surface area contributed by atoms with E-state index in [1.54, 1.807) is 37.3 Å². The van der Waals surface area contributed by atoms with E-state index in [2.05, 4.69) is 0 Å². The van der Waals surface area contributed by atoms with Gasteiger partial charge in [-0.15, -0.1) is 0 Å². The average Bonchev–Trinajstić information content (AvgIpc) is 2.29. The zero-order valence-electron chi connectivity index (χ0n) is 9.45. The molecule has 0 radical (unpaired) electrons. The highest BCUT2D eigenvalue weighted by molar-refractivity contribution is 5.52. The van der Waals surface area contributed by atoms with Crippen molar-refractivity contribution < 1.29 is 8.78 Å². The Morgan fingerprint density at radius 2 is 1.59 bits per heavy atom. The van der Waals surface area contributed by atoms with Gasteiger partial charge in [0, 0.05) is 17.2 Å². The van der Waals surface area contributed by atoms with Crippen LogP contribution in [0.2, 0.25) is 0 Å². The predicted molar refractivity (Wildman–Crippen MR) is 64.7 cm³/mol. The van der Waals surface area contributed by atoms with E-state index in [0.29, 0.717) is 16.8 Å². The third kappa shape index (κ3) is 2.13. The van der Waals surface area contributed by atoms with E-state index in [9.17, 15) is 8.78 Å². The number of nitrogens with two attached hydrogens (primary N) is 1. The molecule has 1 atom stereocenters. The maximum atomic E-state index is 13.7. The van der Waals surface area contributed by atoms with E-state index in [4.69, 9.17) is 5.73 Å². The zero-order valence-corrected chi connectivity index (χ0v) is 9.45. The molecule has 17 heavy (non-hydrogen) atoms. The minimum atomic E-state index is -0.405. The van der Waals surface area contributed by atoms with E-state index in [1.807, 2.05) is 0 Å². The third-order valence-corrected chi connectivity index (χ3v) is 2.89. The summed E-state index contributed by atoms with van der Waals surface area (Å²) >= 11 is 0. The lowest BCUT2D eigenvalue weighted by molar-refractivity contribution is 0.582. The number of anilines is 1. The minimum Gasteiger partial charge on any atom is -0.398 e. The molecule has 0 heterocycles. The Morgan fingerprint density at radius 1 is 0.941 bits per heavy atom. The first-order valence-electron chi connectivity index (χ1n) is 5.39. The Hall–Kier alpha value is -1.90. The molecule has 3 heteroatoms. The second-order valence-corrected chi connectivity index (χ2v) is 3.99. The summed E-state index contributed by atoms with van der Waals surface area (Å²) in [5.74, 6) is -1.15. The molecule has 0 fully saturated rings. The van der Waals surface area contributed by atoms with Crippen molar-refractivity contribution >= 4 is 5.69 Å². The number of nitrogen functional groups attached to an aromatic ring is 1. The van der Waals surface area contributed by atoms with Crippen LogP contribution in [0.1, 0.15) is 24.0 Å². The zero-order chi connectivity index (χ0) is 12.4. The Bertz CT molecular complexity index is 517. The van der Waals surface area contributed by atoms with Crippen molar-refractivity contribution in [1.29, 1.82) is 0 Å². The molecular formula is C14H13F2N. The predicted octanol–water partition coefficient (Wildman–Crippen LogP) is 3.70. The lowest BCUT2D eigenvalue weighted by Gasteiger charge is -2.16. The van der Waals surface area contributed by atoms with Crippen molar-refractivity contribution in [3.63, 3.8) is 0 Å². The van der Waals surface area contributed by atoms with Gasteiger partial charge >= 0.3 is 0 Å². The van der Waals surface area contributed by atoms with Crippen LogP contribution in [0.25, 0.3) is 0 Å². The standard InChI is InChI=1S/C14H13F2N/c1-9(10-5-2-3-6-11(10)15)14-12(16)7-4-8-13(14)17/h2-9H,17H2,1H3/t9-/m1/s1. The molecule has 2 aromatic rings. The summed E-state index contributed by atoms with van der Waals surface area (Å²) < 4.78 is 27.3. The summed E-state index contributed by atoms with van der Waals surface area (Å²) in [7, 11) is 0. The highest BCUT2D eigenvalue weighted by Crippen LogP contribution is 2.31. The summed E-state index contributed by atoms with van der Waals surface area (Å²) in [6.07, 6.45) is 0. The third-order valence-electron chi connectivity index (χ3n) is 2.89. The van der Waals surface area contributed by atoms with Gasteiger partial charge in [-0.1, -0.05) is 31.2 Å². The van der Waals surface area contributed by atoms with Crippen LogP contribution in [0, 0.1) is 11.6 Å². The van der Waals surface area contributed by atoms with Gasteiger partial charge in [0.25, 0.3) is 0 Å². The van der Waals surface area contributed by atoms with Crippen molar-refractivity contribution in [3.05, 3.63) is 65.2 Å². The number of hydrogen-bond acceptors (Lipinski definition) is 1. The van der Waals surface area contributed by atoms with Gasteiger partial charge in [-0.2, -0.15) is 0 Å². The second kappa shape index (κ2) is 4.53. The van der Waals surface area contributed by atoms with Crippen LogP contribution in [-0.4, -0.2) is 0 Å². The molecule has 1 nitrogen and oxygen atoms in total. The number of hydrogen-bond donors (Lipinski definition) is 1. The highest BCUT2D eigenvalue weighted by Gasteiger charge is 2.18. The molecule has 0 aliphatic carbocycles. The van der Waals surface area contributed by atoms with Crippen molar-refractivity contribution in [2.24, 2.45) is 0 Å². The van der Waals surface area contributed by atoms with E-state index < -0.39 is 11.7 Å². The Labute approximate surface area is 98.9 Å². The van der Waals surface area contributed by atoms with Crippen LogP contribution in [-0.2, 0) is 0 Å². The van der Waals surface area contributed by atoms with Crippen molar-refractivity contribution in [2.75, 3.05) is 5.73 Å². The molecule has 2 aromatic carbocycles. The first-order valence-corrected chi connectivity index (χ1v) is 5.39.